The number of nitrogens with one attached hydrogen (secondary N) is 2. The maximum atomic E-state index is 13.0. The predicted octanol–water partition coefficient (Wildman–Crippen LogP) is 3.26. The van der Waals surface area contributed by atoms with E-state index >= 15 is 0 Å². The highest BCUT2D eigenvalue weighted by atomic mass is 35.5. The number of rotatable bonds is 8. The first kappa shape index (κ1) is 17.5. The van der Waals surface area contributed by atoms with Gasteiger partial charge in [0, 0.05) is 0 Å². The predicted molar refractivity (Wildman–Crippen MR) is 81.6 cm³/mol. The van der Waals surface area contributed by atoms with Crippen LogP contribution in [0.25, 0.3) is 0 Å². The van der Waals surface area contributed by atoms with Crippen LogP contribution in [0.2, 0.25) is 10.0 Å². The van der Waals surface area contributed by atoms with Crippen molar-refractivity contribution in [3.63, 3.8) is 0 Å². The molecule has 4 nitrogen and oxygen atoms in total. The van der Waals surface area contributed by atoms with Gasteiger partial charge in [-0.05, 0) is 38.1 Å². The Morgan fingerprint density at radius 2 is 1.80 bits per heavy atom. The average molecular weight is 343 g/mol. The fourth-order valence-corrected chi connectivity index (χ4v) is 3.36. The highest BCUT2D eigenvalue weighted by Gasteiger charge is 2.16. The molecule has 0 saturated carbocycles. The van der Waals surface area contributed by atoms with Crippen molar-refractivity contribution in [1.82, 2.24) is 5.32 Å². The van der Waals surface area contributed by atoms with E-state index in [9.17, 15) is 12.8 Å². The van der Waals surface area contributed by atoms with Crippen LogP contribution in [-0.4, -0.2) is 27.3 Å². The van der Waals surface area contributed by atoms with Gasteiger partial charge in [0.25, 0.3) is 0 Å². The molecule has 0 atom stereocenters. The molecule has 0 amide bonds. The van der Waals surface area contributed by atoms with E-state index in [-0.39, 0.29) is 21.5 Å². The van der Waals surface area contributed by atoms with Gasteiger partial charge in [-0.2, -0.15) is 0 Å². The summed E-state index contributed by atoms with van der Waals surface area (Å²) in [6.45, 7) is 3.49. The van der Waals surface area contributed by atoms with E-state index in [1.165, 1.54) is 0 Å². The van der Waals surface area contributed by atoms with Crippen LogP contribution in [0.1, 0.15) is 19.8 Å². The second-order valence-electron chi connectivity index (χ2n) is 4.27. The van der Waals surface area contributed by atoms with E-state index in [1.54, 1.807) is 0 Å². The number of halogens is 3. The third kappa shape index (κ3) is 5.83. The van der Waals surface area contributed by atoms with Crippen LogP contribution in [0.5, 0.6) is 0 Å². The lowest BCUT2D eigenvalue weighted by atomic mass is 10.3. The Bertz CT molecular complexity index is 529. The molecule has 0 aliphatic carbocycles. The SMILES string of the molecule is CCCNCCCS(=O)(=O)Nc1c(Cl)cc(F)cc1Cl. The van der Waals surface area contributed by atoms with Crippen molar-refractivity contribution >= 4 is 38.9 Å². The molecule has 0 aromatic heterocycles. The van der Waals surface area contributed by atoms with Crippen LogP contribution < -0.4 is 10.0 Å². The molecule has 0 bridgehead atoms. The van der Waals surface area contributed by atoms with E-state index in [4.69, 9.17) is 23.2 Å². The quantitative estimate of drug-likeness (QED) is 0.713. The Morgan fingerprint density at radius 1 is 1.20 bits per heavy atom. The molecule has 1 aromatic rings. The zero-order valence-electron chi connectivity index (χ0n) is 11.0. The molecule has 0 saturated heterocycles. The summed E-state index contributed by atoms with van der Waals surface area (Å²) in [5.74, 6) is -0.681. The summed E-state index contributed by atoms with van der Waals surface area (Å²) in [4.78, 5) is 0. The van der Waals surface area contributed by atoms with Gasteiger partial charge in [-0.1, -0.05) is 30.1 Å². The summed E-state index contributed by atoms with van der Waals surface area (Å²) >= 11 is 11.6. The molecule has 0 aliphatic heterocycles. The van der Waals surface area contributed by atoms with Crippen molar-refractivity contribution in [3.8, 4) is 0 Å². The van der Waals surface area contributed by atoms with E-state index in [1.807, 2.05) is 6.92 Å². The zero-order valence-corrected chi connectivity index (χ0v) is 13.4. The van der Waals surface area contributed by atoms with Crippen molar-refractivity contribution in [2.24, 2.45) is 0 Å². The largest absolute Gasteiger partial charge is 0.317 e. The maximum Gasteiger partial charge on any atom is 0.232 e. The van der Waals surface area contributed by atoms with Crippen LogP contribution in [-0.2, 0) is 10.0 Å². The van der Waals surface area contributed by atoms with Gasteiger partial charge in [0.2, 0.25) is 10.0 Å². The van der Waals surface area contributed by atoms with Crippen molar-refractivity contribution in [3.05, 3.63) is 28.0 Å². The normalized spacial score (nSPS) is 11.6. The topological polar surface area (TPSA) is 58.2 Å². The fourth-order valence-electron chi connectivity index (χ4n) is 1.54. The molecule has 1 aromatic carbocycles. The number of hydrogen-bond donors (Lipinski definition) is 2. The van der Waals surface area contributed by atoms with Gasteiger partial charge in [-0.25, -0.2) is 12.8 Å². The molecule has 8 heteroatoms. The molecule has 0 unspecified atom stereocenters. The molecule has 1 rings (SSSR count). The number of sulfonamides is 1. The minimum atomic E-state index is -3.56. The lowest BCUT2D eigenvalue weighted by molar-refractivity contribution is 0.593. The van der Waals surface area contributed by atoms with Gasteiger partial charge >= 0.3 is 0 Å². The maximum absolute atomic E-state index is 13.0. The van der Waals surface area contributed by atoms with Gasteiger partial charge < -0.3 is 5.32 Å². The van der Waals surface area contributed by atoms with Crippen molar-refractivity contribution in [2.75, 3.05) is 23.6 Å². The lowest BCUT2D eigenvalue weighted by Gasteiger charge is -2.11. The van der Waals surface area contributed by atoms with Crippen LogP contribution in [0.15, 0.2) is 12.1 Å². The van der Waals surface area contributed by atoms with E-state index < -0.39 is 15.8 Å². The lowest BCUT2D eigenvalue weighted by Crippen LogP contribution is -2.22. The Labute approximate surface area is 128 Å². The molecule has 114 valence electrons. The molecule has 0 fully saturated rings. The molecule has 2 N–H and O–H groups in total. The van der Waals surface area contributed by atoms with Gasteiger partial charge in [-0.3, -0.25) is 4.72 Å². The second-order valence-corrected chi connectivity index (χ2v) is 6.93. The van der Waals surface area contributed by atoms with Gasteiger partial charge in [0.05, 0.1) is 21.5 Å². The third-order valence-electron chi connectivity index (χ3n) is 2.46. The first-order valence-electron chi connectivity index (χ1n) is 6.21. The molecular weight excluding hydrogens is 326 g/mol. The summed E-state index contributed by atoms with van der Waals surface area (Å²) in [7, 11) is -3.56. The molecule has 0 spiro atoms. The van der Waals surface area contributed by atoms with Crippen molar-refractivity contribution < 1.29 is 12.8 Å². The second kappa shape index (κ2) is 8.02. The van der Waals surface area contributed by atoms with Crippen molar-refractivity contribution in [1.29, 1.82) is 0 Å². The number of benzene rings is 1. The number of anilines is 1. The van der Waals surface area contributed by atoms with Gasteiger partial charge in [0.1, 0.15) is 5.82 Å². The van der Waals surface area contributed by atoms with E-state index in [0.717, 1.165) is 25.1 Å². The standard InChI is InChI=1S/C12H17Cl2FN2O2S/c1-2-4-16-5-3-6-20(18,19)17-12-10(13)7-9(15)8-11(12)14/h7-8,16-17H,2-6H2,1H3. The molecule has 0 aliphatic rings. The first-order chi connectivity index (χ1) is 9.35. The zero-order chi connectivity index (χ0) is 15.2. The Balaban J connectivity index is 2.63. The van der Waals surface area contributed by atoms with E-state index in [2.05, 4.69) is 10.0 Å². The highest BCUT2D eigenvalue weighted by Crippen LogP contribution is 2.32. The molecule has 20 heavy (non-hydrogen) atoms. The summed E-state index contributed by atoms with van der Waals surface area (Å²) in [6.07, 6.45) is 1.46. The van der Waals surface area contributed by atoms with Gasteiger partial charge in [0.15, 0.2) is 0 Å². The van der Waals surface area contributed by atoms with Crippen molar-refractivity contribution in [2.45, 2.75) is 19.8 Å². The highest BCUT2D eigenvalue weighted by molar-refractivity contribution is 7.92. The van der Waals surface area contributed by atoms with E-state index in [0.29, 0.717) is 13.0 Å². The Kier molecular flexibility index (Phi) is 7.02. The first-order valence-corrected chi connectivity index (χ1v) is 8.62. The van der Waals surface area contributed by atoms with Crippen LogP contribution in [0.4, 0.5) is 10.1 Å². The number of hydrogen-bond acceptors (Lipinski definition) is 3. The van der Waals surface area contributed by atoms with Gasteiger partial charge in [-0.15, -0.1) is 0 Å². The average Bonchev–Trinajstić information content (AvgIpc) is 2.33. The Morgan fingerprint density at radius 3 is 2.35 bits per heavy atom. The monoisotopic (exact) mass is 342 g/mol. The molecular formula is C12H17Cl2FN2O2S. The minimum absolute atomic E-state index is 0.0104. The minimum Gasteiger partial charge on any atom is -0.317 e. The summed E-state index contributed by atoms with van der Waals surface area (Å²) in [5.41, 5.74) is 0.0104. The smallest absolute Gasteiger partial charge is 0.232 e. The Hall–Kier alpha value is -0.560. The fraction of sp³-hybridized carbons (Fsp3) is 0.500. The molecule has 0 heterocycles. The summed E-state index contributed by atoms with van der Waals surface area (Å²) in [5, 5.41) is 2.97. The summed E-state index contributed by atoms with van der Waals surface area (Å²) < 4.78 is 39.0. The van der Waals surface area contributed by atoms with Crippen LogP contribution in [0.3, 0.4) is 0 Å². The third-order valence-corrected chi connectivity index (χ3v) is 4.40. The molecule has 0 radical (unpaired) electrons. The van der Waals surface area contributed by atoms with Crippen LogP contribution in [0, 0.1) is 5.82 Å². The summed E-state index contributed by atoms with van der Waals surface area (Å²) in [6, 6.07) is 2.02. The van der Waals surface area contributed by atoms with Crippen LogP contribution >= 0.6 is 23.2 Å².